The molecule has 1 fully saturated rings. The molecular weight excluding hydrogens is 473 g/mol. The van der Waals surface area contributed by atoms with Crippen LogP contribution in [0, 0.1) is 0 Å². The summed E-state index contributed by atoms with van der Waals surface area (Å²) in [7, 11) is 3.20. The minimum atomic E-state index is -0.223. The number of carbonyl (C=O) groups is 1. The van der Waals surface area contributed by atoms with E-state index in [1.54, 1.807) is 43.4 Å². The molecule has 0 N–H and O–H groups in total. The largest absolute Gasteiger partial charge is 0.495 e. The van der Waals surface area contributed by atoms with Crippen LogP contribution in [0.5, 0.6) is 11.5 Å². The van der Waals surface area contributed by atoms with Crippen LogP contribution in [0.3, 0.4) is 0 Å². The van der Waals surface area contributed by atoms with Crippen molar-refractivity contribution in [2.75, 3.05) is 58.5 Å². The zero-order valence-corrected chi connectivity index (χ0v) is 20.1. The molecule has 4 rings (SSSR count). The van der Waals surface area contributed by atoms with Gasteiger partial charge in [-0.2, -0.15) is 0 Å². The Labute approximate surface area is 200 Å². The zero-order chi connectivity index (χ0) is 22.7. The molecule has 1 amide bonds. The van der Waals surface area contributed by atoms with Gasteiger partial charge in [0, 0.05) is 41.8 Å². The third-order valence-corrected chi connectivity index (χ3v) is 6.76. The first-order valence-electron chi connectivity index (χ1n) is 10.1. The van der Waals surface area contributed by atoms with Crippen molar-refractivity contribution in [1.29, 1.82) is 0 Å². The van der Waals surface area contributed by atoms with E-state index in [9.17, 15) is 4.79 Å². The minimum Gasteiger partial charge on any atom is -0.495 e. The minimum absolute atomic E-state index is 0.223. The third kappa shape index (κ3) is 4.94. The van der Waals surface area contributed by atoms with E-state index in [2.05, 4.69) is 4.90 Å². The average molecular weight is 496 g/mol. The fourth-order valence-corrected chi connectivity index (χ4v) is 5.20. The number of morpholine rings is 1. The summed E-state index contributed by atoms with van der Waals surface area (Å²) in [4.78, 5) is 22.3. The molecule has 0 bridgehead atoms. The van der Waals surface area contributed by atoms with Crippen LogP contribution in [0.2, 0.25) is 10.0 Å². The van der Waals surface area contributed by atoms with E-state index in [0.29, 0.717) is 64.1 Å². The predicted octanol–water partition coefficient (Wildman–Crippen LogP) is 4.60. The lowest BCUT2D eigenvalue weighted by atomic mass is 10.2. The molecule has 0 atom stereocenters. The van der Waals surface area contributed by atoms with Gasteiger partial charge in [0.2, 0.25) is 0 Å². The maximum Gasteiger partial charge on any atom is 0.260 e. The standard InChI is InChI=1S/C22H23Cl2N3O4S/c1-29-17-3-4-18(30-2)20-19(17)25-22(32-20)27(6-5-26-7-9-31-10-8-26)21(28)14-11-15(23)13-16(24)12-14/h3-4,11-13H,5-10H2,1-2H3. The van der Waals surface area contributed by atoms with Gasteiger partial charge in [0.1, 0.15) is 21.7 Å². The molecule has 1 aromatic heterocycles. The van der Waals surface area contributed by atoms with E-state index in [1.807, 2.05) is 6.07 Å². The molecule has 32 heavy (non-hydrogen) atoms. The Morgan fingerprint density at radius 1 is 1.12 bits per heavy atom. The second-order valence-electron chi connectivity index (χ2n) is 7.21. The van der Waals surface area contributed by atoms with Gasteiger partial charge in [0.15, 0.2) is 5.13 Å². The summed E-state index contributed by atoms with van der Waals surface area (Å²) >= 11 is 13.7. The molecular formula is C22H23Cl2N3O4S. The molecule has 10 heteroatoms. The summed E-state index contributed by atoms with van der Waals surface area (Å²) in [5, 5.41) is 1.36. The maximum absolute atomic E-state index is 13.6. The first-order chi connectivity index (χ1) is 15.5. The Hall–Kier alpha value is -2.10. The molecule has 2 aromatic carbocycles. The number of carbonyl (C=O) groups excluding carboxylic acids is 1. The molecule has 7 nitrogen and oxygen atoms in total. The number of hydrogen-bond donors (Lipinski definition) is 0. The van der Waals surface area contributed by atoms with E-state index in [0.717, 1.165) is 17.8 Å². The number of methoxy groups -OCH3 is 2. The molecule has 2 heterocycles. The second kappa shape index (κ2) is 10.2. The highest BCUT2D eigenvalue weighted by Gasteiger charge is 2.25. The lowest BCUT2D eigenvalue weighted by molar-refractivity contribution is 0.0391. The van der Waals surface area contributed by atoms with E-state index in [-0.39, 0.29) is 5.91 Å². The van der Waals surface area contributed by atoms with Gasteiger partial charge >= 0.3 is 0 Å². The highest BCUT2D eigenvalue weighted by Crippen LogP contribution is 2.40. The van der Waals surface area contributed by atoms with Crippen molar-refractivity contribution in [3.05, 3.63) is 45.9 Å². The highest BCUT2D eigenvalue weighted by molar-refractivity contribution is 7.22. The van der Waals surface area contributed by atoms with Gasteiger partial charge in [-0.1, -0.05) is 34.5 Å². The monoisotopic (exact) mass is 495 g/mol. The summed E-state index contributed by atoms with van der Waals surface area (Å²) in [6, 6.07) is 8.48. The Morgan fingerprint density at radius 2 is 1.78 bits per heavy atom. The fourth-order valence-electron chi connectivity index (χ4n) is 3.57. The number of halogens is 2. The molecule has 170 valence electrons. The normalized spacial score (nSPS) is 14.5. The average Bonchev–Trinajstić information content (AvgIpc) is 3.23. The van der Waals surface area contributed by atoms with Crippen molar-refractivity contribution in [1.82, 2.24) is 9.88 Å². The molecule has 1 aliphatic rings. The molecule has 1 aliphatic heterocycles. The van der Waals surface area contributed by atoms with Crippen molar-refractivity contribution in [3.8, 4) is 11.5 Å². The number of amides is 1. The number of aromatic nitrogens is 1. The number of nitrogens with zero attached hydrogens (tertiary/aromatic N) is 3. The lowest BCUT2D eigenvalue weighted by Crippen LogP contribution is -2.43. The van der Waals surface area contributed by atoms with Gasteiger partial charge in [-0.05, 0) is 30.3 Å². The SMILES string of the molecule is COc1ccc(OC)c2sc(N(CCN3CCOCC3)C(=O)c3cc(Cl)cc(Cl)c3)nc12. The zero-order valence-electron chi connectivity index (χ0n) is 17.8. The van der Waals surface area contributed by atoms with Crippen LogP contribution in [0.15, 0.2) is 30.3 Å². The fraction of sp³-hybridized carbons (Fsp3) is 0.364. The molecule has 0 aliphatic carbocycles. The summed E-state index contributed by atoms with van der Waals surface area (Å²) < 4.78 is 17.2. The van der Waals surface area contributed by atoms with Crippen molar-refractivity contribution in [3.63, 3.8) is 0 Å². The number of benzene rings is 2. The number of hydrogen-bond acceptors (Lipinski definition) is 7. The van der Waals surface area contributed by atoms with Crippen molar-refractivity contribution in [2.45, 2.75) is 0 Å². The summed E-state index contributed by atoms with van der Waals surface area (Å²) in [6.45, 7) is 4.17. The van der Waals surface area contributed by atoms with Crippen LogP contribution in [0.25, 0.3) is 10.2 Å². The van der Waals surface area contributed by atoms with Crippen molar-refractivity contribution >= 4 is 55.8 Å². The van der Waals surface area contributed by atoms with Gasteiger partial charge in [0.05, 0.1) is 27.4 Å². The summed E-state index contributed by atoms with van der Waals surface area (Å²) in [5.41, 5.74) is 1.06. The number of anilines is 1. The van der Waals surface area contributed by atoms with Crippen LogP contribution in [-0.4, -0.2) is 69.4 Å². The van der Waals surface area contributed by atoms with Crippen LogP contribution in [0.4, 0.5) is 5.13 Å². The first-order valence-corrected chi connectivity index (χ1v) is 11.7. The van der Waals surface area contributed by atoms with E-state index in [1.165, 1.54) is 11.3 Å². The van der Waals surface area contributed by atoms with Crippen molar-refractivity contribution < 1.29 is 19.0 Å². The summed E-state index contributed by atoms with van der Waals surface area (Å²) in [6.07, 6.45) is 0. The molecule has 1 saturated heterocycles. The molecule has 0 spiro atoms. The smallest absolute Gasteiger partial charge is 0.260 e. The van der Waals surface area contributed by atoms with Gasteiger partial charge in [-0.15, -0.1) is 0 Å². The van der Waals surface area contributed by atoms with Crippen LogP contribution >= 0.6 is 34.5 Å². The topological polar surface area (TPSA) is 64.1 Å². The van der Waals surface area contributed by atoms with Crippen LogP contribution < -0.4 is 14.4 Å². The Kier molecular flexibility index (Phi) is 7.37. The number of fused-ring (bicyclic) bond motifs is 1. The Morgan fingerprint density at radius 3 is 2.44 bits per heavy atom. The van der Waals surface area contributed by atoms with Gasteiger partial charge in [0.25, 0.3) is 5.91 Å². The van der Waals surface area contributed by atoms with Crippen molar-refractivity contribution in [2.24, 2.45) is 0 Å². The number of ether oxygens (including phenoxy) is 3. The number of rotatable bonds is 7. The van der Waals surface area contributed by atoms with E-state index < -0.39 is 0 Å². The number of thiazole rings is 1. The van der Waals surface area contributed by atoms with Gasteiger partial charge < -0.3 is 14.2 Å². The predicted molar refractivity (Wildman–Crippen MR) is 128 cm³/mol. The van der Waals surface area contributed by atoms with Gasteiger partial charge in [-0.3, -0.25) is 14.6 Å². The van der Waals surface area contributed by atoms with Crippen LogP contribution in [0.1, 0.15) is 10.4 Å². The quantitative estimate of drug-likeness (QED) is 0.477. The highest BCUT2D eigenvalue weighted by atomic mass is 35.5. The lowest BCUT2D eigenvalue weighted by Gasteiger charge is -2.29. The third-order valence-electron chi connectivity index (χ3n) is 5.23. The molecule has 3 aromatic rings. The second-order valence-corrected chi connectivity index (χ2v) is 9.06. The Balaban J connectivity index is 1.73. The summed E-state index contributed by atoms with van der Waals surface area (Å²) in [5.74, 6) is 1.07. The van der Waals surface area contributed by atoms with Crippen LogP contribution in [-0.2, 0) is 4.74 Å². The molecule has 0 saturated carbocycles. The van der Waals surface area contributed by atoms with E-state index >= 15 is 0 Å². The Bertz CT molecular complexity index is 1060. The molecule has 0 unspecified atom stereocenters. The van der Waals surface area contributed by atoms with E-state index in [4.69, 9.17) is 42.4 Å². The van der Waals surface area contributed by atoms with Gasteiger partial charge in [-0.25, -0.2) is 4.98 Å². The molecule has 0 radical (unpaired) electrons. The maximum atomic E-state index is 13.6. The first kappa shape index (κ1) is 23.1.